The number of ether oxygens (including phenoxy) is 1. The zero-order valence-corrected chi connectivity index (χ0v) is 20.8. The summed E-state index contributed by atoms with van der Waals surface area (Å²) in [6, 6.07) is 12.8. The number of hydrogen-bond donors (Lipinski definition) is 0. The van der Waals surface area contributed by atoms with E-state index in [1.54, 1.807) is 29.5 Å². The summed E-state index contributed by atoms with van der Waals surface area (Å²) in [5.74, 6) is 0.345. The molecule has 3 aromatic rings. The second-order valence-corrected chi connectivity index (χ2v) is 11.2. The second-order valence-electron chi connectivity index (χ2n) is 7.11. The van der Waals surface area contributed by atoms with Gasteiger partial charge in [-0.3, -0.25) is 0 Å². The first-order valence-corrected chi connectivity index (χ1v) is 13.1. The molecule has 0 spiro atoms. The highest BCUT2D eigenvalue weighted by molar-refractivity contribution is 9.10. The van der Waals surface area contributed by atoms with E-state index in [4.69, 9.17) is 21.3 Å². The highest BCUT2D eigenvalue weighted by Crippen LogP contribution is 2.31. The predicted molar refractivity (Wildman–Crippen MR) is 128 cm³/mol. The van der Waals surface area contributed by atoms with Gasteiger partial charge >= 0.3 is 0 Å². The van der Waals surface area contributed by atoms with Crippen molar-refractivity contribution >= 4 is 54.0 Å². The summed E-state index contributed by atoms with van der Waals surface area (Å²) >= 11 is 10.9. The zero-order chi connectivity index (χ0) is 22.0. The molecule has 10 heteroatoms. The van der Waals surface area contributed by atoms with Crippen molar-refractivity contribution in [2.45, 2.75) is 11.3 Å². The molecule has 4 rings (SSSR count). The van der Waals surface area contributed by atoms with Crippen molar-refractivity contribution in [2.75, 3.05) is 38.2 Å². The molecule has 0 amide bonds. The van der Waals surface area contributed by atoms with Gasteiger partial charge in [0.2, 0.25) is 10.0 Å². The summed E-state index contributed by atoms with van der Waals surface area (Å²) in [4.78, 5) is 7.07. The summed E-state index contributed by atoms with van der Waals surface area (Å²) in [6.45, 7) is 1.96. The number of rotatable bonds is 6. The van der Waals surface area contributed by atoms with Gasteiger partial charge < -0.3 is 9.64 Å². The average Bonchev–Trinajstić information content (AvgIpc) is 3.24. The minimum absolute atomic E-state index is 0.178. The Morgan fingerprint density at radius 1 is 1.13 bits per heavy atom. The molecule has 6 nitrogen and oxygen atoms in total. The number of aromatic nitrogens is 1. The molecule has 1 saturated heterocycles. The fourth-order valence-corrected chi connectivity index (χ4v) is 6.57. The predicted octanol–water partition coefficient (Wildman–Crippen LogP) is 4.67. The maximum atomic E-state index is 13.2. The van der Waals surface area contributed by atoms with Crippen LogP contribution in [0.1, 0.15) is 11.3 Å². The van der Waals surface area contributed by atoms with Crippen LogP contribution in [0.4, 0.5) is 5.13 Å². The quantitative estimate of drug-likeness (QED) is 0.453. The molecule has 1 fully saturated rings. The van der Waals surface area contributed by atoms with Crippen LogP contribution in [0.5, 0.6) is 5.75 Å². The molecule has 31 heavy (non-hydrogen) atoms. The number of methoxy groups -OCH3 is 1. The van der Waals surface area contributed by atoms with Crippen molar-refractivity contribution < 1.29 is 13.2 Å². The third-order valence-corrected chi connectivity index (χ3v) is 8.71. The van der Waals surface area contributed by atoms with Crippen LogP contribution in [0.15, 0.2) is 57.2 Å². The van der Waals surface area contributed by atoms with Gasteiger partial charge in [0, 0.05) is 47.5 Å². The summed E-state index contributed by atoms with van der Waals surface area (Å²) in [6.07, 6.45) is 0.741. The highest BCUT2D eigenvalue weighted by Gasteiger charge is 2.31. The highest BCUT2D eigenvalue weighted by atomic mass is 79.9. The average molecular weight is 543 g/mol. The minimum Gasteiger partial charge on any atom is -0.495 e. The van der Waals surface area contributed by atoms with Crippen LogP contribution < -0.4 is 9.64 Å². The van der Waals surface area contributed by atoms with Crippen molar-refractivity contribution in [3.05, 3.63) is 68.6 Å². The lowest BCUT2D eigenvalue weighted by Crippen LogP contribution is -2.48. The topological polar surface area (TPSA) is 62.7 Å². The molecule has 2 aromatic carbocycles. The largest absolute Gasteiger partial charge is 0.495 e. The van der Waals surface area contributed by atoms with Gasteiger partial charge in [0.15, 0.2) is 5.13 Å². The summed E-state index contributed by atoms with van der Waals surface area (Å²) < 4.78 is 33.8. The molecule has 0 bridgehead atoms. The van der Waals surface area contributed by atoms with E-state index in [0.29, 0.717) is 36.4 Å². The van der Waals surface area contributed by atoms with Crippen LogP contribution in [-0.2, 0) is 16.4 Å². The lowest BCUT2D eigenvalue weighted by molar-refractivity contribution is 0.374. The van der Waals surface area contributed by atoms with E-state index >= 15 is 0 Å². The van der Waals surface area contributed by atoms with Crippen LogP contribution in [0.25, 0.3) is 0 Å². The smallest absolute Gasteiger partial charge is 0.246 e. The van der Waals surface area contributed by atoms with Crippen LogP contribution in [0.3, 0.4) is 0 Å². The zero-order valence-electron chi connectivity index (χ0n) is 16.8. The molecule has 0 N–H and O–H groups in total. The maximum Gasteiger partial charge on any atom is 0.246 e. The van der Waals surface area contributed by atoms with E-state index in [1.807, 2.05) is 24.3 Å². The van der Waals surface area contributed by atoms with Gasteiger partial charge in [-0.2, -0.15) is 4.31 Å². The van der Waals surface area contributed by atoms with Crippen LogP contribution in [-0.4, -0.2) is 51.0 Å². The Bertz CT molecular complexity index is 1160. The van der Waals surface area contributed by atoms with Crippen LogP contribution in [0, 0.1) is 0 Å². The van der Waals surface area contributed by atoms with Crippen molar-refractivity contribution in [2.24, 2.45) is 0 Å². The van der Waals surface area contributed by atoms with E-state index in [2.05, 4.69) is 26.2 Å². The molecule has 0 radical (unpaired) electrons. The molecule has 164 valence electrons. The molecule has 1 aromatic heterocycles. The maximum absolute atomic E-state index is 13.2. The fraction of sp³-hybridized carbons (Fsp3) is 0.286. The van der Waals surface area contributed by atoms with Gasteiger partial charge in [-0.15, -0.1) is 11.3 Å². The number of halogens is 2. The van der Waals surface area contributed by atoms with Gasteiger partial charge in [-0.1, -0.05) is 39.7 Å². The van der Waals surface area contributed by atoms with Gasteiger partial charge in [-0.25, -0.2) is 13.4 Å². The minimum atomic E-state index is -3.65. The van der Waals surface area contributed by atoms with E-state index in [-0.39, 0.29) is 4.90 Å². The first-order valence-electron chi connectivity index (χ1n) is 9.64. The molecule has 0 aliphatic carbocycles. The summed E-state index contributed by atoms with van der Waals surface area (Å²) in [7, 11) is -2.17. The van der Waals surface area contributed by atoms with Gasteiger partial charge in [0.25, 0.3) is 0 Å². The lowest BCUT2D eigenvalue weighted by atomic mass is 10.1. The Morgan fingerprint density at radius 2 is 1.84 bits per heavy atom. The summed E-state index contributed by atoms with van der Waals surface area (Å²) in [5.41, 5.74) is 2.15. The van der Waals surface area contributed by atoms with Crippen molar-refractivity contribution in [1.29, 1.82) is 0 Å². The normalized spacial score (nSPS) is 15.3. The van der Waals surface area contributed by atoms with Crippen LogP contribution in [0.2, 0.25) is 5.02 Å². The first kappa shape index (κ1) is 22.5. The van der Waals surface area contributed by atoms with Gasteiger partial charge in [0.1, 0.15) is 10.6 Å². The number of sulfonamides is 1. The molecule has 1 aliphatic heterocycles. The van der Waals surface area contributed by atoms with E-state index < -0.39 is 10.0 Å². The van der Waals surface area contributed by atoms with E-state index in [1.165, 1.54) is 11.4 Å². The fourth-order valence-electron chi connectivity index (χ4n) is 3.45. The van der Waals surface area contributed by atoms with Gasteiger partial charge in [-0.05, 0) is 35.9 Å². The third kappa shape index (κ3) is 5.06. The molecular weight excluding hydrogens is 522 g/mol. The molecule has 1 aliphatic rings. The Kier molecular flexibility index (Phi) is 6.88. The lowest BCUT2D eigenvalue weighted by Gasteiger charge is -2.34. The SMILES string of the molecule is COc1ccc(Br)cc1S(=O)(=O)N1CCN(c2nc(Cc3ccc(Cl)cc3)cs2)CC1. The number of benzene rings is 2. The van der Waals surface area contributed by atoms with E-state index in [0.717, 1.165) is 27.8 Å². The first-order chi connectivity index (χ1) is 14.9. The number of thiazole rings is 1. The second kappa shape index (κ2) is 9.46. The van der Waals surface area contributed by atoms with Crippen molar-refractivity contribution in [3.8, 4) is 5.75 Å². The van der Waals surface area contributed by atoms with Gasteiger partial charge in [0.05, 0.1) is 12.8 Å². The van der Waals surface area contributed by atoms with Crippen molar-refractivity contribution in [1.82, 2.24) is 9.29 Å². The Morgan fingerprint density at radius 3 is 2.52 bits per heavy atom. The Hall–Kier alpha value is -1.65. The van der Waals surface area contributed by atoms with E-state index in [9.17, 15) is 8.42 Å². The summed E-state index contributed by atoms with van der Waals surface area (Å²) in [5, 5.41) is 3.69. The number of nitrogens with zero attached hydrogens (tertiary/aromatic N) is 3. The third-order valence-electron chi connectivity index (χ3n) is 5.09. The standard InChI is InChI=1S/C21H21BrClN3O3S2/c1-29-19-7-4-16(22)13-20(19)31(27,28)26-10-8-25(9-11-26)21-24-18(14-30-21)12-15-2-5-17(23)6-3-15/h2-7,13-14H,8-12H2,1H3. The molecular formula is C21H21BrClN3O3S2. The van der Waals surface area contributed by atoms with Crippen molar-refractivity contribution in [3.63, 3.8) is 0 Å². The number of piperazine rings is 1. The Labute approximate surface area is 199 Å². The number of anilines is 1. The molecule has 0 unspecified atom stereocenters. The number of hydrogen-bond acceptors (Lipinski definition) is 6. The molecule has 0 atom stereocenters. The Balaban J connectivity index is 1.42. The van der Waals surface area contributed by atoms with Crippen LogP contribution >= 0.6 is 38.9 Å². The molecule has 2 heterocycles. The monoisotopic (exact) mass is 541 g/mol. The molecule has 0 saturated carbocycles.